The van der Waals surface area contributed by atoms with E-state index in [0.29, 0.717) is 12.5 Å². The summed E-state index contributed by atoms with van der Waals surface area (Å²) in [4.78, 5) is 12.1. The lowest BCUT2D eigenvalue weighted by Crippen LogP contribution is -2.19. The zero-order valence-electron chi connectivity index (χ0n) is 13.4. The molecule has 0 N–H and O–H groups in total. The molecule has 2 aromatic rings. The Balaban J connectivity index is 2.12. The first-order chi connectivity index (χ1) is 10.0. The van der Waals surface area contributed by atoms with Gasteiger partial charge in [-0.1, -0.05) is 26.8 Å². The molecule has 1 aromatic heterocycles. The average Bonchev–Trinajstić information content (AvgIpc) is 2.88. The lowest BCUT2D eigenvalue weighted by atomic mass is 10.1. The summed E-state index contributed by atoms with van der Waals surface area (Å²) in [5, 5.41) is 1.18. The minimum Gasteiger partial charge on any atom is -0.464 e. The number of carbonyl (C=O) groups is 1. The van der Waals surface area contributed by atoms with Gasteiger partial charge in [-0.3, -0.25) is 0 Å². The Morgan fingerprint density at radius 2 is 2.00 bits per heavy atom. The molecule has 1 unspecified atom stereocenters. The van der Waals surface area contributed by atoms with E-state index < -0.39 is 0 Å². The van der Waals surface area contributed by atoms with Crippen molar-refractivity contribution in [2.24, 2.45) is 5.92 Å². The van der Waals surface area contributed by atoms with Crippen LogP contribution in [0.1, 0.15) is 45.7 Å². The largest absolute Gasteiger partial charge is 0.464 e. The van der Waals surface area contributed by atoms with Crippen LogP contribution in [0.3, 0.4) is 0 Å². The van der Waals surface area contributed by atoms with E-state index in [1.807, 2.05) is 17.7 Å². The number of ether oxygens (including phenoxy) is 1. The second-order valence-corrected chi connectivity index (χ2v) is 6.00. The van der Waals surface area contributed by atoms with E-state index in [1.54, 1.807) is 0 Å². The fourth-order valence-corrected chi connectivity index (χ4v) is 2.40. The molecule has 0 fully saturated rings. The van der Waals surface area contributed by atoms with Crippen molar-refractivity contribution in [1.82, 2.24) is 4.57 Å². The van der Waals surface area contributed by atoms with Crippen molar-refractivity contribution in [1.29, 1.82) is 0 Å². The summed E-state index contributed by atoms with van der Waals surface area (Å²) in [6.45, 7) is 8.79. The summed E-state index contributed by atoms with van der Waals surface area (Å²) in [5.74, 6) is 0.390. The second-order valence-electron chi connectivity index (χ2n) is 6.00. The number of benzene rings is 1. The molecule has 3 nitrogen and oxygen atoms in total. The molecule has 0 radical (unpaired) electrons. The van der Waals surface area contributed by atoms with Crippen molar-refractivity contribution in [3.8, 4) is 0 Å². The summed E-state index contributed by atoms with van der Waals surface area (Å²) in [6.07, 6.45) is 3.90. The third-order valence-electron chi connectivity index (χ3n) is 3.89. The average molecular weight is 287 g/mol. The fourth-order valence-electron chi connectivity index (χ4n) is 2.40. The summed E-state index contributed by atoms with van der Waals surface area (Å²) in [5.41, 5.74) is 2.40. The van der Waals surface area contributed by atoms with E-state index in [9.17, 15) is 4.79 Å². The van der Waals surface area contributed by atoms with Crippen molar-refractivity contribution in [2.75, 3.05) is 6.61 Å². The number of nitrogens with zero attached hydrogens (tertiary/aromatic N) is 1. The predicted octanol–water partition coefficient (Wildman–Crippen LogP) is 4.35. The number of rotatable bonds is 6. The molecule has 0 saturated carbocycles. The maximum atomic E-state index is 12.1. The van der Waals surface area contributed by atoms with Crippen LogP contribution in [0.4, 0.5) is 0 Å². The van der Waals surface area contributed by atoms with Crippen molar-refractivity contribution in [3.05, 3.63) is 36.0 Å². The van der Waals surface area contributed by atoms with Crippen LogP contribution in [0, 0.1) is 5.92 Å². The first-order valence-electron chi connectivity index (χ1n) is 7.79. The highest BCUT2D eigenvalue weighted by atomic mass is 16.5. The van der Waals surface area contributed by atoms with E-state index in [1.165, 1.54) is 10.9 Å². The SMILES string of the molecule is CCc1ccc2c(ccn2C(C)C(=O)OCCC(C)C)c1. The molecular formula is C18H25NO2. The Morgan fingerprint density at radius 3 is 2.67 bits per heavy atom. The van der Waals surface area contributed by atoms with Gasteiger partial charge in [0, 0.05) is 11.7 Å². The van der Waals surface area contributed by atoms with E-state index in [2.05, 4.69) is 45.0 Å². The lowest BCUT2D eigenvalue weighted by molar-refractivity contribution is -0.147. The summed E-state index contributed by atoms with van der Waals surface area (Å²) >= 11 is 0. The Bertz CT molecular complexity index is 613. The summed E-state index contributed by atoms with van der Waals surface area (Å²) in [7, 11) is 0. The normalized spacial score (nSPS) is 12.8. The van der Waals surface area contributed by atoms with Gasteiger partial charge in [-0.05, 0) is 54.8 Å². The van der Waals surface area contributed by atoms with Crippen LogP contribution in [0.25, 0.3) is 10.9 Å². The fraction of sp³-hybridized carbons (Fsp3) is 0.500. The highest BCUT2D eigenvalue weighted by molar-refractivity contribution is 5.84. The molecule has 0 saturated heterocycles. The Kier molecular flexibility index (Phi) is 5.05. The first kappa shape index (κ1) is 15.6. The molecule has 0 aliphatic heterocycles. The van der Waals surface area contributed by atoms with Gasteiger partial charge in [-0.15, -0.1) is 0 Å². The molecule has 114 valence electrons. The van der Waals surface area contributed by atoms with Crippen LogP contribution in [-0.2, 0) is 16.0 Å². The Hall–Kier alpha value is -1.77. The maximum Gasteiger partial charge on any atom is 0.328 e. The molecular weight excluding hydrogens is 262 g/mol. The predicted molar refractivity (Wildman–Crippen MR) is 86.4 cm³/mol. The lowest BCUT2D eigenvalue weighted by Gasteiger charge is -2.15. The van der Waals surface area contributed by atoms with Gasteiger partial charge in [0.15, 0.2) is 0 Å². The number of hydrogen-bond acceptors (Lipinski definition) is 2. The van der Waals surface area contributed by atoms with Crippen LogP contribution < -0.4 is 0 Å². The monoisotopic (exact) mass is 287 g/mol. The van der Waals surface area contributed by atoms with E-state index in [4.69, 9.17) is 4.74 Å². The van der Waals surface area contributed by atoms with Gasteiger partial charge in [-0.2, -0.15) is 0 Å². The Morgan fingerprint density at radius 1 is 1.24 bits per heavy atom. The van der Waals surface area contributed by atoms with Crippen molar-refractivity contribution in [2.45, 2.75) is 46.6 Å². The topological polar surface area (TPSA) is 31.2 Å². The minimum absolute atomic E-state index is 0.160. The van der Waals surface area contributed by atoms with Crippen molar-refractivity contribution >= 4 is 16.9 Å². The number of fused-ring (bicyclic) bond motifs is 1. The maximum absolute atomic E-state index is 12.1. The number of carbonyl (C=O) groups excluding carboxylic acids is 1. The molecule has 0 bridgehead atoms. The van der Waals surface area contributed by atoms with Crippen LogP contribution in [0.15, 0.2) is 30.5 Å². The molecule has 0 aliphatic carbocycles. The minimum atomic E-state index is -0.290. The van der Waals surface area contributed by atoms with Gasteiger partial charge in [0.1, 0.15) is 6.04 Å². The molecule has 3 heteroatoms. The molecule has 0 amide bonds. The molecule has 21 heavy (non-hydrogen) atoms. The van der Waals surface area contributed by atoms with Gasteiger partial charge in [0.25, 0.3) is 0 Å². The standard InChI is InChI=1S/C18H25NO2/c1-5-15-6-7-17-16(12-15)8-10-19(17)14(4)18(20)21-11-9-13(2)3/h6-8,10,12-14H,5,9,11H2,1-4H3. The third kappa shape index (κ3) is 3.66. The van der Waals surface area contributed by atoms with Crippen LogP contribution in [0.2, 0.25) is 0 Å². The Labute approximate surface area is 126 Å². The van der Waals surface area contributed by atoms with Gasteiger partial charge in [0.2, 0.25) is 0 Å². The van der Waals surface area contributed by atoms with Gasteiger partial charge < -0.3 is 9.30 Å². The van der Waals surface area contributed by atoms with Gasteiger partial charge >= 0.3 is 5.97 Å². The van der Waals surface area contributed by atoms with Crippen LogP contribution >= 0.6 is 0 Å². The number of esters is 1. The molecule has 1 atom stereocenters. The van der Waals surface area contributed by atoms with Crippen LogP contribution in [-0.4, -0.2) is 17.1 Å². The number of aryl methyl sites for hydroxylation is 1. The molecule has 0 spiro atoms. The van der Waals surface area contributed by atoms with Crippen molar-refractivity contribution in [3.63, 3.8) is 0 Å². The van der Waals surface area contributed by atoms with E-state index >= 15 is 0 Å². The quantitative estimate of drug-likeness (QED) is 0.739. The molecule has 2 rings (SSSR count). The highest BCUT2D eigenvalue weighted by Gasteiger charge is 2.18. The zero-order valence-corrected chi connectivity index (χ0v) is 13.4. The first-order valence-corrected chi connectivity index (χ1v) is 7.79. The smallest absolute Gasteiger partial charge is 0.328 e. The van der Waals surface area contributed by atoms with Gasteiger partial charge in [-0.25, -0.2) is 4.79 Å². The number of aromatic nitrogens is 1. The third-order valence-corrected chi connectivity index (χ3v) is 3.89. The molecule has 0 aliphatic rings. The summed E-state index contributed by atoms with van der Waals surface area (Å²) in [6, 6.07) is 8.17. The van der Waals surface area contributed by atoms with Crippen LogP contribution in [0.5, 0.6) is 0 Å². The number of hydrogen-bond donors (Lipinski definition) is 0. The van der Waals surface area contributed by atoms with Gasteiger partial charge in [0.05, 0.1) is 6.61 Å². The van der Waals surface area contributed by atoms with E-state index in [0.717, 1.165) is 18.4 Å². The second kappa shape index (κ2) is 6.79. The molecule has 1 aromatic carbocycles. The van der Waals surface area contributed by atoms with E-state index in [-0.39, 0.29) is 12.0 Å². The molecule has 1 heterocycles. The highest BCUT2D eigenvalue weighted by Crippen LogP contribution is 2.22. The summed E-state index contributed by atoms with van der Waals surface area (Å²) < 4.78 is 7.37. The zero-order chi connectivity index (χ0) is 15.4. The van der Waals surface area contributed by atoms with Crippen molar-refractivity contribution < 1.29 is 9.53 Å².